The second-order valence-electron chi connectivity index (χ2n) is 4.72. The number of hydrogen-bond donors (Lipinski definition) is 1. The van der Waals surface area contributed by atoms with Crippen LogP contribution in [-0.4, -0.2) is 25.7 Å². The lowest BCUT2D eigenvalue weighted by Crippen LogP contribution is -2.01. The second kappa shape index (κ2) is 5.65. The van der Waals surface area contributed by atoms with Gasteiger partial charge in [-0.3, -0.25) is 4.79 Å². The van der Waals surface area contributed by atoms with Gasteiger partial charge < -0.3 is 5.11 Å². The van der Waals surface area contributed by atoms with Crippen molar-refractivity contribution in [3.8, 4) is 11.1 Å². The van der Waals surface area contributed by atoms with Crippen LogP contribution >= 0.6 is 0 Å². The van der Waals surface area contributed by atoms with Crippen molar-refractivity contribution < 1.29 is 22.7 Å². The standard InChI is InChI=1S/C15H13FO4S/c1-21(19,20)14-4-2-3-11(9-14)12-5-10(7-15(17)18)6-13(16)8-12/h2-6,8-9H,7H2,1H3,(H,17,18). The van der Waals surface area contributed by atoms with E-state index in [4.69, 9.17) is 5.11 Å². The second-order valence-corrected chi connectivity index (χ2v) is 6.73. The molecule has 2 aromatic rings. The Labute approximate surface area is 121 Å². The average Bonchev–Trinajstić information content (AvgIpc) is 2.36. The smallest absolute Gasteiger partial charge is 0.307 e. The van der Waals surface area contributed by atoms with E-state index in [0.717, 1.165) is 12.3 Å². The molecule has 0 atom stereocenters. The van der Waals surface area contributed by atoms with Crippen LogP contribution in [0.4, 0.5) is 4.39 Å². The van der Waals surface area contributed by atoms with Crippen molar-refractivity contribution >= 4 is 15.8 Å². The number of halogens is 1. The minimum atomic E-state index is -3.36. The quantitative estimate of drug-likeness (QED) is 0.942. The largest absolute Gasteiger partial charge is 0.481 e. The summed E-state index contributed by atoms with van der Waals surface area (Å²) in [6.07, 6.45) is 0.796. The summed E-state index contributed by atoms with van der Waals surface area (Å²) in [6, 6.07) is 10.0. The minimum absolute atomic E-state index is 0.129. The highest BCUT2D eigenvalue weighted by Crippen LogP contribution is 2.25. The third kappa shape index (κ3) is 3.88. The number of carbonyl (C=O) groups is 1. The highest BCUT2D eigenvalue weighted by atomic mass is 32.2. The van der Waals surface area contributed by atoms with E-state index in [1.807, 2.05) is 0 Å². The molecule has 4 nitrogen and oxygen atoms in total. The summed E-state index contributed by atoms with van der Waals surface area (Å²) in [6.45, 7) is 0. The van der Waals surface area contributed by atoms with Crippen LogP contribution < -0.4 is 0 Å². The van der Waals surface area contributed by atoms with Gasteiger partial charge in [0.2, 0.25) is 0 Å². The van der Waals surface area contributed by atoms with E-state index in [0.29, 0.717) is 16.7 Å². The predicted octanol–water partition coefficient (Wildman–Crippen LogP) is 2.52. The van der Waals surface area contributed by atoms with Gasteiger partial charge in [0.15, 0.2) is 9.84 Å². The first-order chi connectivity index (χ1) is 9.75. The first-order valence-corrected chi connectivity index (χ1v) is 7.96. The number of hydrogen-bond acceptors (Lipinski definition) is 3. The van der Waals surface area contributed by atoms with Gasteiger partial charge in [-0.1, -0.05) is 18.2 Å². The number of rotatable bonds is 4. The van der Waals surface area contributed by atoms with Crippen molar-refractivity contribution in [1.29, 1.82) is 0 Å². The van der Waals surface area contributed by atoms with Crippen molar-refractivity contribution in [2.45, 2.75) is 11.3 Å². The van der Waals surface area contributed by atoms with Crippen molar-refractivity contribution in [2.75, 3.05) is 6.26 Å². The molecule has 6 heteroatoms. The summed E-state index contributed by atoms with van der Waals surface area (Å²) in [5.74, 6) is -1.62. The first-order valence-electron chi connectivity index (χ1n) is 6.07. The van der Waals surface area contributed by atoms with Crippen molar-refractivity contribution in [1.82, 2.24) is 0 Å². The molecule has 0 bridgehead atoms. The molecule has 110 valence electrons. The third-order valence-electron chi connectivity index (χ3n) is 2.91. The van der Waals surface area contributed by atoms with Crippen LogP contribution in [0.3, 0.4) is 0 Å². The molecule has 0 spiro atoms. The maximum absolute atomic E-state index is 13.6. The number of carboxylic acids is 1. The average molecular weight is 308 g/mol. The fourth-order valence-corrected chi connectivity index (χ4v) is 2.67. The van der Waals surface area contributed by atoms with Crippen LogP contribution in [0.5, 0.6) is 0 Å². The Balaban J connectivity index is 2.51. The molecule has 0 aliphatic rings. The summed E-state index contributed by atoms with van der Waals surface area (Å²) in [4.78, 5) is 10.8. The molecule has 0 unspecified atom stereocenters. The van der Waals surface area contributed by atoms with Crippen LogP contribution in [0.2, 0.25) is 0 Å². The normalized spacial score (nSPS) is 11.3. The molecule has 2 aromatic carbocycles. The van der Waals surface area contributed by atoms with Crippen LogP contribution in [0.15, 0.2) is 47.4 Å². The van der Waals surface area contributed by atoms with E-state index in [1.54, 1.807) is 18.2 Å². The Kier molecular flexibility index (Phi) is 4.09. The molecule has 0 aliphatic carbocycles. The van der Waals surface area contributed by atoms with E-state index in [1.165, 1.54) is 18.2 Å². The predicted molar refractivity (Wildman–Crippen MR) is 76.3 cm³/mol. The van der Waals surface area contributed by atoms with E-state index in [9.17, 15) is 17.6 Å². The number of aliphatic carboxylic acids is 1. The molecule has 0 radical (unpaired) electrons. The van der Waals surface area contributed by atoms with Crippen LogP contribution in [0.1, 0.15) is 5.56 Å². The Morgan fingerprint density at radius 2 is 1.86 bits per heavy atom. The van der Waals surface area contributed by atoms with Crippen LogP contribution in [0.25, 0.3) is 11.1 Å². The fourth-order valence-electron chi connectivity index (χ4n) is 2.00. The maximum atomic E-state index is 13.6. The highest BCUT2D eigenvalue weighted by Gasteiger charge is 2.10. The zero-order valence-electron chi connectivity index (χ0n) is 11.2. The van der Waals surface area contributed by atoms with Gasteiger partial charge in [-0.25, -0.2) is 12.8 Å². The van der Waals surface area contributed by atoms with Gasteiger partial charge in [-0.2, -0.15) is 0 Å². The number of benzene rings is 2. The molecule has 21 heavy (non-hydrogen) atoms. The lowest BCUT2D eigenvalue weighted by molar-refractivity contribution is -0.136. The summed E-state index contributed by atoms with van der Waals surface area (Å²) in [5, 5.41) is 8.77. The zero-order valence-corrected chi connectivity index (χ0v) is 12.0. The highest BCUT2D eigenvalue weighted by molar-refractivity contribution is 7.90. The van der Waals surface area contributed by atoms with Crippen molar-refractivity contribution in [3.05, 3.63) is 53.8 Å². The van der Waals surface area contributed by atoms with Gasteiger partial charge in [0.25, 0.3) is 0 Å². The van der Waals surface area contributed by atoms with E-state index >= 15 is 0 Å². The molecule has 0 aliphatic heterocycles. The van der Waals surface area contributed by atoms with Gasteiger partial charge in [-0.15, -0.1) is 0 Å². The first kappa shape index (κ1) is 15.2. The Morgan fingerprint density at radius 1 is 1.14 bits per heavy atom. The van der Waals surface area contributed by atoms with E-state index < -0.39 is 21.6 Å². The summed E-state index contributed by atoms with van der Waals surface area (Å²) in [5.41, 5.74) is 1.28. The molecule has 0 fully saturated rings. The van der Waals surface area contributed by atoms with Gasteiger partial charge in [0.1, 0.15) is 5.82 Å². The molecule has 1 N–H and O–H groups in total. The fraction of sp³-hybridized carbons (Fsp3) is 0.133. The number of carboxylic acid groups (broad SMARTS) is 1. The monoisotopic (exact) mass is 308 g/mol. The Morgan fingerprint density at radius 3 is 2.48 bits per heavy atom. The van der Waals surface area contributed by atoms with Crippen LogP contribution in [-0.2, 0) is 21.1 Å². The number of sulfone groups is 1. The molecule has 0 saturated carbocycles. The molecule has 0 saturated heterocycles. The molecule has 0 aromatic heterocycles. The van der Waals surface area contributed by atoms with Gasteiger partial charge in [0.05, 0.1) is 11.3 Å². The minimum Gasteiger partial charge on any atom is -0.481 e. The maximum Gasteiger partial charge on any atom is 0.307 e. The topological polar surface area (TPSA) is 71.4 Å². The molecular formula is C15H13FO4S. The molecule has 0 heterocycles. The molecule has 0 amide bonds. The Hall–Kier alpha value is -2.21. The Bertz CT molecular complexity index is 797. The third-order valence-corrected chi connectivity index (χ3v) is 4.02. The van der Waals surface area contributed by atoms with Gasteiger partial charge in [-0.05, 0) is 41.0 Å². The lowest BCUT2D eigenvalue weighted by Gasteiger charge is -2.07. The SMILES string of the molecule is CS(=O)(=O)c1cccc(-c2cc(F)cc(CC(=O)O)c2)c1. The summed E-state index contributed by atoms with van der Waals surface area (Å²) in [7, 11) is -3.36. The van der Waals surface area contributed by atoms with Crippen LogP contribution in [0, 0.1) is 5.82 Å². The van der Waals surface area contributed by atoms with Crippen molar-refractivity contribution in [3.63, 3.8) is 0 Å². The molecular weight excluding hydrogens is 295 g/mol. The zero-order chi connectivity index (χ0) is 15.6. The summed E-state index contributed by atoms with van der Waals surface area (Å²) >= 11 is 0. The van der Waals surface area contributed by atoms with E-state index in [2.05, 4.69) is 0 Å². The summed E-state index contributed by atoms with van der Waals surface area (Å²) < 4.78 is 36.7. The van der Waals surface area contributed by atoms with Gasteiger partial charge >= 0.3 is 5.97 Å². The van der Waals surface area contributed by atoms with Crippen molar-refractivity contribution in [2.24, 2.45) is 0 Å². The molecule has 2 rings (SSSR count). The lowest BCUT2D eigenvalue weighted by atomic mass is 10.0. The van der Waals surface area contributed by atoms with Gasteiger partial charge in [0, 0.05) is 6.26 Å². The van der Waals surface area contributed by atoms with E-state index in [-0.39, 0.29) is 11.3 Å².